The summed E-state index contributed by atoms with van der Waals surface area (Å²) >= 11 is 1.26. The molecule has 5 nitrogen and oxygen atoms in total. The van der Waals surface area contributed by atoms with Crippen molar-refractivity contribution in [2.75, 3.05) is 18.9 Å². The van der Waals surface area contributed by atoms with Gasteiger partial charge in [-0.3, -0.25) is 0 Å². The van der Waals surface area contributed by atoms with Crippen LogP contribution < -0.4 is 5.73 Å². The summed E-state index contributed by atoms with van der Waals surface area (Å²) in [6.07, 6.45) is 1.81. The SMILES string of the molecule is Nc1nc(/C(=C/C2C3COCC23)C(=O)O)cs1. The van der Waals surface area contributed by atoms with E-state index in [1.54, 1.807) is 5.38 Å². The number of anilines is 1. The van der Waals surface area contributed by atoms with Crippen molar-refractivity contribution in [1.29, 1.82) is 0 Å². The minimum absolute atomic E-state index is 0.261. The fourth-order valence-electron chi connectivity index (χ4n) is 2.40. The van der Waals surface area contributed by atoms with Crippen LogP contribution in [0.25, 0.3) is 5.57 Å². The average Bonchev–Trinajstić information content (AvgIpc) is 2.73. The summed E-state index contributed by atoms with van der Waals surface area (Å²) < 4.78 is 5.28. The molecule has 1 aromatic rings. The van der Waals surface area contributed by atoms with Crippen molar-refractivity contribution in [3.63, 3.8) is 0 Å². The number of carboxylic acids is 1. The highest BCUT2D eigenvalue weighted by Gasteiger charge is 2.52. The molecule has 1 saturated carbocycles. The van der Waals surface area contributed by atoms with E-state index in [1.165, 1.54) is 11.3 Å². The number of aromatic nitrogens is 1. The third kappa shape index (κ3) is 1.83. The zero-order chi connectivity index (χ0) is 12.0. The van der Waals surface area contributed by atoms with Gasteiger partial charge in [-0.15, -0.1) is 11.3 Å². The number of aliphatic carboxylic acids is 1. The first-order chi connectivity index (χ1) is 8.16. The molecule has 0 aromatic carbocycles. The number of hydrogen-bond acceptors (Lipinski definition) is 5. The molecule has 2 unspecified atom stereocenters. The molecule has 17 heavy (non-hydrogen) atoms. The second-order valence-electron chi connectivity index (χ2n) is 4.40. The van der Waals surface area contributed by atoms with Crippen LogP contribution in [-0.2, 0) is 9.53 Å². The number of nitrogens with two attached hydrogens (primary N) is 1. The Bertz CT molecular complexity index is 487. The molecule has 3 N–H and O–H groups in total. The number of nitrogens with zero attached hydrogens (tertiary/aromatic N) is 1. The van der Waals surface area contributed by atoms with Gasteiger partial charge in [-0.05, 0) is 17.8 Å². The number of carbonyl (C=O) groups is 1. The fraction of sp³-hybridized carbons (Fsp3) is 0.455. The van der Waals surface area contributed by atoms with E-state index >= 15 is 0 Å². The summed E-state index contributed by atoms with van der Waals surface area (Å²) in [7, 11) is 0. The van der Waals surface area contributed by atoms with Crippen LogP contribution in [0.4, 0.5) is 5.13 Å². The Morgan fingerprint density at radius 1 is 1.59 bits per heavy atom. The smallest absolute Gasteiger partial charge is 0.337 e. The van der Waals surface area contributed by atoms with E-state index in [-0.39, 0.29) is 5.57 Å². The third-order valence-electron chi connectivity index (χ3n) is 3.41. The Balaban J connectivity index is 1.86. The maximum atomic E-state index is 11.2. The summed E-state index contributed by atoms with van der Waals surface area (Å²) in [5, 5.41) is 11.3. The number of rotatable bonds is 3. The lowest BCUT2D eigenvalue weighted by molar-refractivity contribution is -0.130. The first-order valence-electron chi connectivity index (χ1n) is 5.41. The highest BCUT2D eigenvalue weighted by molar-refractivity contribution is 7.13. The van der Waals surface area contributed by atoms with Crippen LogP contribution in [-0.4, -0.2) is 29.3 Å². The molecule has 1 aliphatic heterocycles. The second-order valence-corrected chi connectivity index (χ2v) is 5.29. The summed E-state index contributed by atoms with van der Waals surface area (Å²) in [6, 6.07) is 0. The molecule has 0 amide bonds. The lowest BCUT2D eigenvalue weighted by Gasteiger charge is -2.01. The van der Waals surface area contributed by atoms with Gasteiger partial charge in [0.2, 0.25) is 0 Å². The summed E-state index contributed by atoms with van der Waals surface area (Å²) in [6.45, 7) is 1.50. The molecule has 1 aliphatic carbocycles. The molecule has 1 aromatic heterocycles. The Morgan fingerprint density at radius 3 is 2.82 bits per heavy atom. The average molecular weight is 252 g/mol. The molecule has 1 saturated heterocycles. The van der Waals surface area contributed by atoms with Gasteiger partial charge < -0.3 is 15.6 Å². The molecule has 6 heteroatoms. The van der Waals surface area contributed by atoms with Crippen molar-refractivity contribution in [3.05, 3.63) is 17.2 Å². The molecule has 0 spiro atoms. The molecule has 2 aliphatic rings. The second kappa shape index (κ2) is 3.82. The van der Waals surface area contributed by atoms with E-state index in [4.69, 9.17) is 10.5 Å². The number of ether oxygens (including phenoxy) is 1. The van der Waals surface area contributed by atoms with Crippen molar-refractivity contribution in [1.82, 2.24) is 4.98 Å². The topological polar surface area (TPSA) is 85.4 Å². The van der Waals surface area contributed by atoms with Crippen LogP contribution in [0.5, 0.6) is 0 Å². The number of allylic oxidation sites excluding steroid dienone is 1. The number of fused-ring (bicyclic) bond motifs is 1. The number of hydrogen-bond donors (Lipinski definition) is 2. The third-order valence-corrected chi connectivity index (χ3v) is 4.08. The van der Waals surface area contributed by atoms with Crippen LogP contribution in [0.2, 0.25) is 0 Å². The molecule has 2 heterocycles. The number of thiazole rings is 1. The Kier molecular flexibility index (Phi) is 2.41. The van der Waals surface area contributed by atoms with Crippen LogP contribution in [0, 0.1) is 17.8 Å². The van der Waals surface area contributed by atoms with Gasteiger partial charge in [0.15, 0.2) is 5.13 Å². The lowest BCUT2D eigenvalue weighted by Crippen LogP contribution is -2.03. The fourth-order valence-corrected chi connectivity index (χ4v) is 2.96. The lowest BCUT2D eigenvalue weighted by atomic mass is 10.1. The number of nitrogen functional groups attached to an aromatic ring is 1. The van der Waals surface area contributed by atoms with Crippen LogP contribution >= 0.6 is 11.3 Å². The van der Waals surface area contributed by atoms with Gasteiger partial charge in [-0.2, -0.15) is 0 Å². The van der Waals surface area contributed by atoms with Crippen molar-refractivity contribution >= 4 is 28.0 Å². The van der Waals surface area contributed by atoms with Crippen LogP contribution in [0.15, 0.2) is 11.5 Å². The van der Waals surface area contributed by atoms with Gasteiger partial charge in [0.05, 0.1) is 24.5 Å². The largest absolute Gasteiger partial charge is 0.478 e. The van der Waals surface area contributed by atoms with Crippen LogP contribution in [0.3, 0.4) is 0 Å². The summed E-state index contributed by atoms with van der Waals surface area (Å²) in [5.41, 5.74) is 6.25. The van der Waals surface area contributed by atoms with Gasteiger partial charge in [0, 0.05) is 5.38 Å². The van der Waals surface area contributed by atoms with E-state index < -0.39 is 5.97 Å². The van der Waals surface area contributed by atoms with Crippen molar-refractivity contribution < 1.29 is 14.6 Å². The molecule has 2 atom stereocenters. The van der Waals surface area contributed by atoms with E-state index in [2.05, 4.69) is 4.98 Å². The standard InChI is InChI=1S/C11H12N2O3S/c12-11-13-9(4-17-11)6(10(14)15)1-5-7-2-16-3-8(5)7/h1,4-5,7-8H,2-3H2,(H2,12,13)(H,14,15)/b6-1-. The minimum Gasteiger partial charge on any atom is -0.478 e. The monoisotopic (exact) mass is 252 g/mol. The highest BCUT2D eigenvalue weighted by Crippen LogP contribution is 2.52. The molecular formula is C11H12N2O3S. The molecule has 0 radical (unpaired) electrons. The quantitative estimate of drug-likeness (QED) is 0.786. The first kappa shape index (κ1) is 10.7. The van der Waals surface area contributed by atoms with Crippen LogP contribution in [0.1, 0.15) is 5.69 Å². The van der Waals surface area contributed by atoms with Crippen molar-refractivity contribution in [3.8, 4) is 0 Å². The Labute approximate surface area is 102 Å². The zero-order valence-corrected chi connectivity index (χ0v) is 9.81. The molecule has 90 valence electrons. The highest BCUT2D eigenvalue weighted by atomic mass is 32.1. The summed E-state index contributed by atoms with van der Waals surface area (Å²) in [4.78, 5) is 15.2. The molecule has 0 bridgehead atoms. The zero-order valence-electron chi connectivity index (χ0n) is 9.00. The maximum Gasteiger partial charge on any atom is 0.337 e. The van der Waals surface area contributed by atoms with E-state index in [1.807, 2.05) is 6.08 Å². The van der Waals surface area contributed by atoms with Gasteiger partial charge in [0.25, 0.3) is 0 Å². The van der Waals surface area contributed by atoms with Gasteiger partial charge in [-0.25, -0.2) is 9.78 Å². The van der Waals surface area contributed by atoms with Gasteiger partial charge in [-0.1, -0.05) is 6.08 Å². The predicted molar refractivity (Wildman–Crippen MR) is 63.4 cm³/mol. The number of carboxylic acid groups (broad SMARTS) is 1. The van der Waals surface area contributed by atoms with E-state index in [0.717, 1.165) is 13.2 Å². The van der Waals surface area contributed by atoms with E-state index in [9.17, 15) is 9.90 Å². The molecular weight excluding hydrogens is 240 g/mol. The first-order valence-corrected chi connectivity index (χ1v) is 6.29. The Hall–Kier alpha value is -1.40. The van der Waals surface area contributed by atoms with E-state index in [0.29, 0.717) is 28.6 Å². The Morgan fingerprint density at radius 2 is 2.29 bits per heavy atom. The van der Waals surface area contributed by atoms with Gasteiger partial charge >= 0.3 is 5.97 Å². The normalized spacial score (nSPS) is 31.3. The summed E-state index contributed by atoms with van der Waals surface area (Å²) in [5.74, 6) is 0.389. The molecule has 3 rings (SSSR count). The van der Waals surface area contributed by atoms with Crippen molar-refractivity contribution in [2.45, 2.75) is 0 Å². The maximum absolute atomic E-state index is 11.2. The van der Waals surface area contributed by atoms with Gasteiger partial charge in [0.1, 0.15) is 0 Å². The minimum atomic E-state index is -0.943. The predicted octanol–water partition coefficient (Wildman–Crippen LogP) is 1.09. The van der Waals surface area contributed by atoms with Crippen molar-refractivity contribution in [2.24, 2.45) is 17.8 Å². The molecule has 2 fully saturated rings.